The molecular weight excluding hydrogens is 315 g/mol. The molecule has 0 aromatic heterocycles. The molecule has 0 spiro atoms. The predicted octanol–water partition coefficient (Wildman–Crippen LogP) is 1.75. The van der Waals surface area contributed by atoms with Gasteiger partial charge in [0.25, 0.3) is 11.6 Å². The van der Waals surface area contributed by atoms with Crippen LogP contribution in [0, 0.1) is 13.8 Å². The van der Waals surface area contributed by atoms with Gasteiger partial charge in [-0.25, -0.2) is 9.69 Å². The van der Waals surface area contributed by atoms with Crippen LogP contribution in [0.2, 0.25) is 0 Å². The van der Waals surface area contributed by atoms with Crippen molar-refractivity contribution in [3.8, 4) is 0 Å². The number of imide groups is 1. The molecule has 0 saturated carbocycles. The second-order valence-electron chi connectivity index (χ2n) is 5.22. The first-order valence-corrected chi connectivity index (χ1v) is 6.59. The zero-order valence-corrected chi connectivity index (χ0v) is 12.5. The van der Waals surface area contributed by atoms with E-state index in [1.165, 1.54) is 17.4 Å². The second kappa shape index (κ2) is 5.25. The van der Waals surface area contributed by atoms with Crippen molar-refractivity contribution >= 4 is 23.5 Å². The Bertz CT molecular complexity index is 702. The maximum absolute atomic E-state index is 13.4. The molecule has 1 heterocycles. The van der Waals surface area contributed by atoms with Crippen molar-refractivity contribution < 1.29 is 27.6 Å². The van der Waals surface area contributed by atoms with Crippen LogP contribution in [0.5, 0.6) is 0 Å². The number of anilines is 1. The van der Waals surface area contributed by atoms with Crippen LogP contribution in [0.4, 0.5) is 23.7 Å². The van der Waals surface area contributed by atoms with Gasteiger partial charge in [-0.2, -0.15) is 13.2 Å². The molecule has 1 aromatic carbocycles. The smallest absolute Gasteiger partial charge is 0.318 e. The molecule has 2 rings (SSSR count). The van der Waals surface area contributed by atoms with Crippen LogP contribution in [0.3, 0.4) is 0 Å². The van der Waals surface area contributed by atoms with Gasteiger partial charge in [0.15, 0.2) is 0 Å². The lowest BCUT2D eigenvalue weighted by atomic mass is 10.1. The van der Waals surface area contributed by atoms with E-state index in [-0.39, 0.29) is 5.69 Å². The molecule has 1 unspecified atom stereocenters. The summed E-state index contributed by atoms with van der Waals surface area (Å²) >= 11 is 0. The van der Waals surface area contributed by atoms with Crippen LogP contribution >= 0.6 is 0 Å². The van der Waals surface area contributed by atoms with Crippen LogP contribution in [0.1, 0.15) is 18.1 Å². The zero-order valence-electron chi connectivity index (χ0n) is 12.5. The number of alkyl halides is 3. The van der Waals surface area contributed by atoms with E-state index in [4.69, 9.17) is 0 Å². The molecule has 124 valence electrons. The highest BCUT2D eigenvalue weighted by Gasteiger charge is 2.69. The largest absolute Gasteiger partial charge is 0.440 e. The van der Waals surface area contributed by atoms with Crippen molar-refractivity contribution in [1.82, 2.24) is 10.6 Å². The molecule has 0 bridgehead atoms. The minimum atomic E-state index is -5.20. The number of urea groups is 1. The maximum Gasteiger partial charge on any atom is 0.440 e. The van der Waals surface area contributed by atoms with Gasteiger partial charge in [-0.3, -0.25) is 14.9 Å². The summed E-state index contributed by atoms with van der Waals surface area (Å²) in [6.45, 7) is 4.10. The first kappa shape index (κ1) is 16.8. The average Bonchev–Trinajstić information content (AvgIpc) is 2.65. The quantitative estimate of drug-likeness (QED) is 0.812. The van der Waals surface area contributed by atoms with Crippen molar-refractivity contribution in [3.63, 3.8) is 0 Å². The number of carbonyl (C=O) groups excluding carboxylic acids is 3. The molecule has 0 aliphatic carbocycles. The second-order valence-corrected chi connectivity index (χ2v) is 5.22. The average molecular weight is 329 g/mol. The van der Waals surface area contributed by atoms with Crippen molar-refractivity contribution in [3.05, 3.63) is 29.3 Å². The third kappa shape index (κ3) is 2.51. The molecule has 1 atom stereocenters. The highest BCUT2D eigenvalue weighted by molar-refractivity contribution is 6.24. The lowest BCUT2D eigenvalue weighted by Crippen LogP contribution is -2.69. The SMILES string of the molecule is CC(=O)NC1(C(F)(F)F)NC(=O)N(c2cccc(C)c2C)C1=O. The Hall–Kier alpha value is -2.58. The molecular formula is C14H14F3N3O3. The number of carbonyl (C=O) groups is 3. The van der Waals surface area contributed by atoms with Crippen LogP contribution in [0.25, 0.3) is 0 Å². The Kier molecular flexibility index (Phi) is 3.83. The first-order valence-electron chi connectivity index (χ1n) is 6.59. The molecule has 0 radical (unpaired) electrons. The molecule has 1 aliphatic rings. The Morgan fingerprint density at radius 1 is 1.26 bits per heavy atom. The van der Waals surface area contributed by atoms with E-state index in [9.17, 15) is 27.6 Å². The number of rotatable bonds is 2. The first-order chi connectivity index (χ1) is 10.5. The molecule has 1 aromatic rings. The number of amides is 4. The summed E-state index contributed by atoms with van der Waals surface area (Å²) in [5.74, 6) is -2.70. The van der Waals surface area contributed by atoms with Gasteiger partial charge in [0.05, 0.1) is 5.69 Å². The molecule has 6 nitrogen and oxygen atoms in total. The molecule has 1 aliphatic heterocycles. The van der Waals surface area contributed by atoms with E-state index >= 15 is 0 Å². The Balaban J connectivity index is 2.58. The lowest BCUT2D eigenvalue weighted by molar-refractivity contribution is -0.201. The summed E-state index contributed by atoms with van der Waals surface area (Å²) in [5.41, 5.74) is -2.25. The van der Waals surface area contributed by atoms with Gasteiger partial charge in [0, 0.05) is 6.92 Å². The summed E-state index contributed by atoms with van der Waals surface area (Å²) in [5, 5.41) is 3.09. The Morgan fingerprint density at radius 2 is 1.87 bits per heavy atom. The number of nitrogens with zero attached hydrogens (tertiary/aromatic N) is 1. The van der Waals surface area contributed by atoms with Crippen molar-refractivity contribution in [2.45, 2.75) is 32.6 Å². The van der Waals surface area contributed by atoms with Gasteiger partial charge in [-0.1, -0.05) is 12.1 Å². The maximum atomic E-state index is 13.4. The zero-order chi connectivity index (χ0) is 17.6. The summed E-state index contributed by atoms with van der Waals surface area (Å²) in [4.78, 5) is 36.0. The third-order valence-corrected chi connectivity index (χ3v) is 3.63. The third-order valence-electron chi connectivity index (χ3n) is 3.63. The summed E-state index contributed by atoms with van der Waals surface area (Å²) in [6.07, 6.45) is -5.20. The minimum absolute atomic E-state index is 0.0315. The highest BCUT2D eigenvalue weighted by atomic mass is 19.4. The summed E-state index contributed by atoms with van der Waals surface area (Å²) in [7, 11) is 0. The van der Waals surface area contributed by atoms with Crippen LogP contribution in [0.15, 0.2) is 18.2 Å². The fourth-order valence-corrected chi connectivity index (χ4v) is 2.34. The van der Waals surface area contributed by atoms with Gasteiger partial charge >= 0.3 is 12.2 Å². The fraction of sp³-hybridized carbons (Fsp3) is 0.357. The van der Waals surface area contributed by atoms with Crippen molar-refractivity contribution in [1.29, 1.82) is 0 Å². The number of aryl methyl sites for hydroxylation is 1. The molecule has 4 amide bonds. The van der Waals surface area contributed by atoms with Crippen LogP contribution < -0.4 is 15.5 Å². The van der Waals surface area contributed by atoms with Gasteiger partial charge in [0.1, 0.15) is 0 Å². The number of halogens is 3. The predicted molar refractivity (Wildman–Crippen MR) is 74.5 cm³/mol. The Morgan fingerprint density at radius 3 is 2.39 bits per heavy atom. The van der Waals surface area contributed by atoms with E-state index in [0.717, 1.165) is 6.92 Å². The van der Waals surface area contributed by atoms with Crippen molar-refractivity contribution in [2.24, 2.45) is 0 Å². The monoisotopic (exact) mass is 329 g/mol. The standard InChI is InChI=1S/C14H14F3N3O3/c1-7-5-4-6-10(8(7)2)20-11(22)13(14(15,16)17,18-9(3)21)19-12(20)23/h4-6H,1-3H3,(H,18,21)(H,19,23). The number of benzene rings is 1. The Labute approximate surface area is 129 Å². The molecule has 1 fully saturated rings. The van der Waals surface area contributed by atoms with E-state index in [1.54, 1.807) is 25.2 Å². The van der Waals surface area contributed by atoms with Crippen LogP contribution in [-0.2, 0) is 9.59 Å². The van der Waals surface area contributed by atoms with Gasteiger partial charge in [-0.05, 0) is 31.0 Å². The molecule has 9 heteroatoms. The van der Waals surface area contributed by atoms with Gasteiger partial charge < -0.3 is 5.32 Å². The lowest BCUT2D eigenvalue weighted by Gasteiger charge is -2.29. The van der Waals surface area contributed by atoms with E-state index in [0.29, 0.717) is 16.0 Å². The van der Waals surface area contributed by atoms with Crippen LogP contribution in [-0.4, -0.2) is 29.7 Å². The van der Waals surface area contributed by atoms with Gasteiger partial charge in [0.2, 0.25) is 5.91 Å². The highest BCUT2D eigenvalue weighted by Crippen LogP contribution is 2.36. The molecule has 23 heavy (non-hydrogen) atoms. The van der Waals surface area contributed by atoms with Gasteiger partial charge in [-0.15, -0.1) is 0 Å². The summed E-state index contributed by atoms with van der Waals surface area (Å²) < 4.78 is 40.2. The topological polar surface area (TPSA) is 78.5 Å². The summed E-state index contributed by atoms with van der Waals surface area (Å²) in [6, 6.07) is 3.32. The number of nitrogens with one attached hydrogen (secondary N) is 2. The normalized spacial score (nSPS) is 21.4. The molecule has 1 saturated heterocycles. The number of hydrogen-bond donors (Lipinski definition) is 2. The fourth-order valence-electron chi connectivity index (χ4n) is 2.34. The van der Waals surface area contributed by atoms with E-state index < -0.39 is 29.7 Å². The van der Waals surface area contributed by atoms with E-state index in [1.807, 2.05) is 0 Å². The number of hydrogen-bond acceptors (Lipinski definition) is 3. The van der Waals surface area contributed by atoms with E-state index in [2.05, 4.69) is 0 Å². The molecule has 2 N–H and O–H groups in total. The van der Waals surface area contributed by atoms with Crippen molar-refractivity contribution in [2.75, 3.05) is 4.90 Å². The minimum Gasteiger partial charge on any atom is -0.318 e.